The molecule has 5 N–H and O–H groups in total. The second kappa shape index (κ2) is 13.0. The molecule has 4 atom stereocenters. The third kappa shape index (κ3) is 9.48. The van der Waals surface area contributed by atoms with Crippen LogP contribution in [-0.2, 0) is 35.1 Å². The highest BCUT2D eigenvalue weighted by molar-refractivity contribution is 5.98. The Hall–Kier alpha value is -3.27. The van der Waals surface area contributed by atoms with Gasteiger partial charge in [-0.2, -0.15) is 0 Å². The Morgan fingerprint density at radius 3 is 2.26 bits per heavy atom. The highest BCUT2D eigenvalue weighted by atomic mass is 16.6. The van der Waals surface area contributed by atoms with Crippen molar-refractivity contribution in [2.45, 2.75) is 71.1 Å². The zero-order valence-corrected chi connectivity index (χ0v) is 20.4. The number of rotatable bonds is 15. The van der Waals surface area contributed by atoms with Crippen LogP contribution in [0.25, 0.3) is 0 Å². The lowest BCUT2D eigenvalue weighted by Gasteiger charge is -2.21. The molecule has 0 bridgehead atoms. The van der Waals surface area contributed by atoms with Crippen molar-refractivity contribution in [3.05, 3.63) is 29.8 Å². The average Bonchev–Trinajstić information content (AvgIpc) is 3.57. The van der Waals surface area contributed by atoms with Crippen LogP contribution in [-0.4, -0.2) is 59.2 Å². The van der Waals surface area contributed by atoms with Crippen LogP contribution in [0.15, 0.2) is 24.3 Å². The fourth-order valence-electron chi connectivity index (χ4n) is 3.73. The first-order valence-corrected chi connectivity index (χ1v) is 11.8. The van der Waals surface area contributed by atoms with Crippen molar-refractivity contribution >= 4 is 29.3 Å². The number of ketones is 2. The average molecular weight is 490 g/mol. The summed E-state index contributed by atoms with van der Waals surface area (Å²) in [6.45, 7) is 5.58. The van der Waals surface area contributed by atoms with Gasteiger partial charge in [0.05, 0.1) is 6.04 Å². The quantitative estimate of drug-likeness (QED) is 0.208. The van der Waals surface area contributed by atoms with E-state index in [1.807, 2.05) is 13.8 Å². The molecule has 1 aromatic rings. The highest BCUT2D eigenvalue weighted by Gasteiger charge is 2.50. The molecule has 35 heavy (non-hydrogen) atoms. The molecular formula is C25H35N3O7. The van der Waals surface area contributed by atoms with Gasteiger partial charge in [0.25, 0.3) is 11.8 Å². The van der Waals surface area contributed by atoms with Gasteiger partial charge in [-0.15, -0.1) is 0 Å². The zero-order chi connectivity index (χ0) is 26.1. The Morgan fingerprint density at radius 1 is 1.06 bits per heavy atom. The van der Waals surface area contributed by atoms with Crippen LogP contribution in [0, 0.1) is 11.8 Å². The van der Waals surface area contributed by atoms with E-state index in [9.17, 15) is 29.1 Å². The zero-order valence-electron chi connectivity index (χ0n) is 20.4. The van der Waals surface area contributed by atoms with Gasteiger partial charge >= 0.3 is 0 Å². The minimum absolute atomic E-state index is 0.0293. The van der Waals surface area contributed by atoms with E-state index in [1.165, 1.54) is 19.1 Å². The summed E-state index contributed by atoms with van der Waals surface area (Å²) in [5.74, 6) is -2.55. The Kier molecular flexibility index (Phi) is 10.4. The third-order valence-electron chi connectivity index (χ3n) is 5.69. The summed E-state index contributed by atoms with van der Waals surface area (Å²) in [6, 6.07) is 5.43. The van der Waals surface area contributed by atoms with Crippen molar-refractivity contribution in [1.82, 2.24) is 10.6 Å². The summed E-state index contributed by atoms with van der Waals surface area (Å²) in [7, 11) is 0. The number of phenols is 1. The molecule has 1 saturated heterocycles. The molecule has 10 nitrogen and oxygen atoms in total. The van der Waals surface area contributed by atoms with E-state index in [-0.39, 0.29) is 36.1 Å². The summed E-state index contributed by atoms with van der Waals surface area (Å²) in [5, 5.41) is 14.7. The number of carbonyl (C=O) groups is 5. The van der Waals surface area contributed by atoms with Crippen LogP contribution in [0.4, 0.5) is 0 Å². The molecule has 1 aliphatic heterocycles. The number of hydrogen-bond acceptors (Lipinski definition) is 7. The maximum Gasteiger partial charge on any atom is 0.253 e. The SMILES string of the molecule is CC(=O)CCCNC(=O)C1OC1C(=O)N[C@@H](CC(C)C)C(=O)C[C@@H](Cc1ccc(O)cc1)C(N)=O. The number of ether oxygens (including phenoxy) is 1. The number of nitrogens with one attached hydrogen (secondary N) is 2. The molecule has 0 saturated carbocycles. The van der Waals surface area contributed by atoms with Crippen LogP contribution >= 0.6 is 0 Å². The van der Waals surface area contributed by atoms with E-state index in [0.29, 0.717) is 25.8 Å². The number of Topliss-reactive ketones (excluding diaryl/α,β-unsaturated/α-hetero) is 2. The van der Waals surface area contributed by atoms with Gasteiger partial charge in [0.15, 0.2) is 18.0 Å². The van der Waals surface area contributed by atoms with E-state index in [0.717, 1.165) is 5.56 Å². The molecule has 2 unspecified atom stereocenters. The number of aromatic hydroxyl groups is 1. The largest absolute Gasteiger partial charge is 0.508 e. The normalized spacial score (nSPS) is 18.4. The molecule has 3 amide bonds. The molecular weight excluding hydrogens is 454 g/mol. The molecule has 1 aliphatic rings. The summed E-state index contributed by atoms with van der Waals surface area (Å²) in [6.07, 6.45) is -0.650. The second-order valence-corrected chi connectivity index (χ2v) is 9.40. The monoisotopic (exact) mass is 489 g/mol. The number of hydrogen-bond donors (Lipinski definition) is 4. The van der Waals surface area contributed by atoms with Gasteiger partial charge in [-0.25, -0.2) is 0 Å². The van der Waals surface area contributed by atoms with Crippen molar-refractivity contribution in [3.8, 4) is 5.75 Å². The van der Waals surface area contributed by atoms with Gasteiger partial charge in [-0.1, -0.05) is 26.0 Å². The van der Waals surface area contributed by atoms with E-state index in [1.54, 1.807) is 12.1 Å². The number of primary amides is 1. The molecule has 10 heteroatoms. The molecule has 1 heterocycles. The predicted molar refractivity (Wildman–Crippen MR) is 127 cm³/mol. The molecule has 0 spiro atoms. The van der Waals surface area contributed by atoms with E-state index >= 15 is 0 Å². The van der Waals surface area contributed by atoms with Gasteiger partial charge in [0.1, 0.15) is 11.5 Å². The lowest BCUT2D eigenvalue weighted by molar-refractivity contribution is -0.131. The Balaban J connectivity index is 1.93. The topological polar surface area (TPSA) is 168 Å². The minimum atomic E-state index is -0.991. The van der Waals surface area contributed by atoms with Crippen molar-refractivity contribution in [1.29, 1.82) is 0 Å². The molecule has 0 aliphatic carbocycles. The van der Waals surface area contributed by atoms with Crippen LogP contribution < -0.4 is 16.4 Å². The first kappa shape index (κ1) is 28.0. The van der Waals surface area contributed by atoms with Gasteiger partial charge in [0.2, 0.25) is 5.91 Å². The Bertz CT molecular complexity index is 929. The fraction of sp³-hybridized carbons (Fsp3) is 0.560. The number of epoxide rings is 1. The number of carbonyl (C=O) groups excluding carboxylic acids is 5. The molecule has 0 aromatic heterocycles. The van der Waals surface area contributed by atoms with Gasteiger partial charge in [-0.05, 0) is 49.8 Å². The summed E-state index contributed by atoms with van der Waals surface area (Å²) < 4.78 is 5.22. The first-order valence-electron chi connectivity index (χ1n) is 11.8. The van der Waals surface area contributed by atoms with Gasteiger partial charge < -0.3 is 31.0 Å². The van der Waals surface area contributed by atoms with Crippen molar-refractivity contribution in [3.63, 3.8) is 0 Å². The van der Waals surface area contributed by atoms with Crippen molar-refractivity contribution in [2.24, 2.45) is 17.6 Å². The summed E-state index contributed by atoms with van der Waals surface area (Å²) in [4.78, 5) is 60.8. The van der Waals surface area contributed by atoms with Crippen LogP contribution in [0.3, 0.4) is 0 Å². The second-order valence-electron chi connectivity index (χ2n) is 9.40. The van der Waals surface area contributed by atoms with Crippen LogP contribution in [0.2, 0.25) is 0 Å². The van der Waals surface area contributed by atoms with E-state index in [4.69, 9.17) is 10.5 Å². The predicted octanol–water partition coefficient (Wildman–Crippen LogP) is 0.779. The standard InChI is InChI=1S/C25H35N3O7/c1-14(2)11-19(20(31)13-17(23(26)32)12-16-6-8-18(30)9-7-16)28-25(34)22-21(35-22)24(33)27-10-4-5-15(3)29/h6-9,14,17,19,21-22,30H,4-5,10-13H2,1-3H3,(H2,26,32)(H,27,33)(H,28,34)/t17-,19+,21?,22?/m1/s1. The lowest BCUT2D eigenvalue weighted by Crippen LogP contribution is -2.46. The van der Waals surface area contributed by atoms with Crippen LogP contribution in [0.1, 0.15) is 52.0 Å². The Morgan fingerprint density at radius 2 is 1.69 bits per heavy atom. The minimum Gasteiger partial charge on any atom is -0.508 e. The molecule has 0 radical (unpaired) electrons. The summed E-state index contributed by atoms with van der Waals surface area (Å²) in [5.41, 5.74) is 6.27. The fourth-order valence-corrected chi connectivity index (χ4v) is 3.73. The lowest BCUT2D eigenvalue weighted by atomic mass is 9.89. The van der Waals surface area contributed by atoms with Gasteiger partial charge in [-0.3, -0.25) is 19.2 Å². The smallest absolute Gasteiger partial charge is 0.253 e. The van der Waals surface area contributed by atoms with E-state index < -0.39 is 41.9 Å². The number of amides is 3. The maximum absolute atomic E-state index is 13.1. The van der Waals surface area contributed by atoms with Gasteiger partial charge in [0, 0.05) is 25.3 Å². The third-order valence-corrected chi connectivity index (χ3v) is 5.69. The number of benzene rings is 1. The summed E-state index contributed by atoms with van der Waals surface area (Å²) >= 11 is 0. The first-order chi connectivity index (χ1) is 16.5. The molecule has 192 valence electrons. The van der Waals surface area contributed by atoms with Crippen molar-refractivity contribution < 1.29 is 33.8 Å². The molecule has 1 fully saturated rings. The highest BCUT2D eigenvalue weighted by Crippen LogP contribution is 2.24. The maximum atomic E-state index is 13.1. The van der Waals surface area contributed by atoms with Crippen LogP contribution in [0.5, 0.6) is 5.75 Å². The van der Waals surface area contributed by atoms with E-state index in [2.05, 4.69) is 10.6 Å². The molecule has 2 rings (SSSR count). The van der Waals surface area contributed by atoms with Crippen molar-refractivity contribution in [2.75, 3.05) is 6.54 Å². The number of nitrogens with two attached hydrogens (primary N) is 1. The Labute approximate surface area is 205 Å². The number of phenolic OH excluding ortho intramolecular Hbond substituents is 1. The molecule has 1 aromatic carbocycles.